The molecule has 0 saturated heterocycles. The van der Waals surface area contributed by atoms with Crippen molar-refractivity contribution in [2.45, 2.75) is 52.0 Å². The van der Waals surface area contributed by atoms with Crippen LogP contribution in [0.4, 0.5) is 0 Å². The second kappa shape index (κ2) is 11.1. The van der Waals surface area contributed by atoms with E-state index in [1.165, 1.54) is 19.3 Å². The normalized spacial score (nSPS) is 10.5. The summed E-state index contributed by atoms with van der Waals surface area (Å²) in [6.07, 6.45) is 7.82. The van der Waals surface area contributed by atoms with Gasteiger partial charge in [-0.25, -0.2) is 0 Å². The van der Waals surface area contributed by atoms with E-state index >= 15 is 0 Å². The predicted octanol–water partition coefficient (Wildman–Crippen LogP) is 4.52. The Hall–Kier alpha value is -2.56. The number of benzene rings is 1. The molecule has 5 nitrogen and oxygen atoms in total. The Morgan fingerprint density at radius 2 is 1.81 bits per heavy atom. The fourth-order valence-corrected chi connectivity index (χ4v) is 2.57. The highest BCUT2D eigenvalue weighted by atomic mass is 16.5. The zero-order valence-corrected chi connectivity index (χ0v) is 15.3. The summed E-state index contributed by atoms with van der Waals surface area (Å²) in [5.41, 5.74) is 0.690. The first-order chi connectivity index (χ1) is 12.7. The number of ether oxygens (including phenoxy) is 1. The SMILES string of the molecule is CCCCCCCC(=O)c1ccc(OCC(=O)NCc2ccco2)cc1. The van der Waals surface area contributed by atoms with E-state index in [0.717, 1.165) is 12.8 Å². The fourth-order valence-electron chi connectivity index (χ4n) is 2.57. The molecular formula is C21H27NO4. The van der Waals surface area contributed by atoms with Crippen molar-refractivity contribution in [1.82, 2.24) is 5.32 Å². The molecule has 2 rings (SSSR count). The topological polar surface area (TPSA) is 68.5 Å². The molecule has 0 aliphatic rings. The second-order valence-electron chi connectivity index (χ2n) is 6.26. The lowest BCUT2D eigenvalue weighted by Crippen LogP contribution is -2.28. The van der Waals surface area contributed by atoms with E-state index in [1.807, 2.05) is 0 Å². The molecule has 1 N–H and O–H groups in total. The molecule has 0 saturated carbocycles. The van der Waals surface area contributed by atoms with Crippen LogP contribution in [0.5, 0.6) is 5.75 Å². The zero-order valence-electron chi connectivity index (χ0n) is 15.3. The zero-order chi connectivity index (χ0) is 18.6. The van der Waals surface area contributed by atoms with Gasteiger partial charge in [-0.15, -0.1) is 0 Å². The first-order valence-corrected chi connectivity index (χ1v) is 9.24. The Labute approximate surface area is 154 Å². The summed E-state index contributed by atoms with van der Waals surface area (Å²) >= 11 is 0. The molecule has 1 heterocycles. The van der Waals surface area contributed by atoms with Gasteiger partial charge in [-0.3, -0.25) is 9.59 Å². The molecule has 140 valence electrons. The molecule has 2 aromatic rings. The van der Waals surface area contributed by atoms with Crippen LogP contribution in [0, 0.1) is 0 Å². The van der Waals surface area contributed by atoms with Crippen LogP contribution in [0.2, 0.25) is 0 Å². The Morgan fingerprint density at radius 1 is 1.04 bits per heavy atom. The van der Waals surface area contributed by atoms with E-state index in [2.05, 4.69) is 12.2 Å². The molecule has 0 spiro atoms. The summed E-state index contributed by atoms with van der Waals surface area (Å²) in [7, 11) is 0. The number of hydrogen-bond acceptors (Lipinski definition) is 4. The van der Waals surface area contributed by atoms with Crippen LogP contribution in [0.25, 0.3) is 0 Å². The summed E-state index contributed by atoms with van der Waals surface area (Å²) in [6.45, 7) is 2.43. The number of ketones is 1. The number of carbonyl (C=O) groups is 2. The average molecular weight is 357 g/mol. The molecule has 5 heteroatoms. The molecule has 0 atom stereocenters. The maximum atomic E-state index is 12.1. The lowest BCUT2D eigenvalue weighted by Gasteiger charge is -2.07. The van der Waals surface area contributed by atoms with Crippen molar-refractivity contribution in [3.8, 4) is 5.75 Å². The molecule has 0 bridgehead atoms. The third kappa shape index (κ3) is 7.13. The highest BCUT2D eigenvalue weighted by molar-refractivity contribution is 5.96. The maximum Gasteiger partial charge on any atom is 0.258 e. The van der Waals surface area contributed by atoms with Gasteiger partial charge in [0.05, 0.1) is 12.8 Å². The van der Waals surface area contributed by atoms with Gasteiger partial charge >= 0.3 is 0 Å². The standard InChI is InChI=1S/C21H27NO4/c1-2-3-4-5-6-9-20(23)17-10-12-18(13-11-17)26-16-21(24)22-15-19-8-7-14-25-19/h7-8,10-14H,2-6,9,15-16H2,1H3,(H,22,24). The lowest BCUT2D eigenvalue weighted by molar-refractivity contribution is -0.123. The van der Waals surface area contributed by atoms with E-state index in [9.17, 15) is 9.59 Å². The number of nitrogens with one attached hydrogen (secondary N) is 1. The van der Waals surface area contributed by atoms with Crippen LogP contribution < -0.4 is 10.1 Å². The Balaban J connectivity index is 1.67. The minimum Gasteiger partial charge on any atom is -0.484 e. The van der Waals surface area contributed by atoms with Crippen molar-refractivity contribution in [3.05, 3.63) is 54.0 Å². The first kappa shape index (κ1) is 19.8. The van der Waals surface area contributed by atoms with Gasteiger partial charge < -0.3 is 14.5 Å². The van der Waals surface area contributed by atoms with Crippen LogP contribution in [0.15, 0.2) is 47.1 Å². The third-order valence-electron chi connectivity index (χ3n) is 4.09. The number of unbranched alkanes of at least 4 members (excludes halogenated alkanes) is 4. The molecule has 1 aromatic heterocycles. The number of rotatable bonds is 12. The number of furan rings is 1. The highest BCUT2D eigenvalue weighted by Gasteiger charge is 2.07. The van der Waals surface area contributed by atoms with E-state index in [1.54, 1.807) is 42.7 Å². The van der Waals surface area contributed by atoms with Gasteiger partial charge in [-0.1, -0.05) is 32.6 Å². The summed E-state index contributed by atoms with van der Waals surface area (Å²) in [6, 6.07) is 10.5. The van der Waals surface area contributed by atoms with Crippen LogP contribution >= 0.6 is 0 Å². The van der Waals surface area contributed by atoms with Crippen molar-refractivity contribution < 1.29 is 18.7 Å². The van der Waals surface area contributed by atoms with E-state index in [0.29, 0.717) is 30.0 Å². The molecular weight excluding hydrogens is 330 g/mol. The molecule has 0 aliphatic carbocycles. The van der Waals surface area contributed by atoms with E-state index in [-0.39, 0.29) is 18.3 Å². The Morgan fingerprint density at radius 3 is 2.50 bits per heavy atom. The Kier molecular flexibility index (Phi) is 8.46. The average Bonchev–Trinajstić information content (AvgIpc) is 3.18. The van der Waals surface area contributed by atoms with Gasteiger partial charge in [0, 0.05) is 12.0 Å². The summed E-state index contributed by atoms with van der Waals surface area (Å²) < 4.78 is 10.6. The maximum absolute atomic E-state index is 12.1. The van der Waals surface area contributed by atoms with Gasteiger partial charge in [0.1, 0.15) is 11.5 Å². The van der Waals surface area contributed by atoms with Crippen LogP contribution in [0.3, 0.4) is 0 Å². The van der Waals surface area contributed by atoms with Crippen LogP contribution in [-0.2, 0) is 11.3 Å². The molecule has 0 radical (unpaired) electrons. The largest absolute Gasteiger partial charge is 0.484 e. The van der Waals surface area contributed by atoms with Gasteiger partial charge in [0.2, 0.25) is 0 Å². The van der Waals surface area contributed by atoms with Crippen LogP contribution in [0.1, 0.15) is 61.6 Å². The highest BCUT2D eigenvalue weighted by Crippen LogP contribution is 2.15. The Bertz CT molecular complexity index is 662. The van der Waals surface area contributed by atoms with Crippen LogP contribution in [-0.4, -0.2) is 18.3 Å². The van der Waals surface area contributed by atoms with Crippen molar-refractivity contribution in [3.63, 3.8) is 0 Å². The van der Waals surface area contributed by atoms with E-state index < -0.39 is 0 Å². The van der Waals surface area contributed by atoms with Gasteiger partial charge in [0.25, 0.3) is 5.91 Å². The number of carbonyl (C=O) groups excluding carboxylic acids is 2. The summed E-state index contributed by atoms with van der Waals surface area (Å²) in [5, 5.41) is 2.71. The van der Waals surface area contributed by atoms with Gasteiger partial charge in [-0.05, 0) is 42.8 Å². The minimum atomic E-state index is -0.228. The van der Waals surface area contributed by atoms with Crippen molar-refractivity contribution in [2.24, 2.45) is 0 Å². The van der Waals surface area contributed by atoms with Crippen molar-refractivity contribution in [2.75, 3.05) is 6.61 Å². The summed E-state index contributed by atoms with van der Waals surface area (Å²) in [5.74, 6) is 1.19. The molecule has 0 aliphatic heterocycles. The lowest BCUT2D eigenvalue weighted by atomic mass is 10.0. The molecule has 26 heavy (non-hydrogen) atoms. The monoisotopic (exact) mass is 357 g/mol. The number of hydrogen-bond donors (Lipinski definition) is 1. The third-order valence-corrected chi connectivity index (χ3v) is 4.09. The van der Waals surface area contributed by atoms with Crippen molar-refractivity contribution >= 4 is 11.7 Å². The quantitative estimate of drug-likeness (QED) is 0.448. The van der Waals surface area contributed by atoms with Gasteiger partial charge in [-0.2, -0.15) is 0 Å². The first-order valence-electron chi connectivity index (χ1n) is 9.24. The fraction of sp³-hybridized carbons (Fsp3) is 0.429. The summed E-state index contributed by atoms with van der Waals surface area (Å²) in [4.78, 5) is 23.9. The number of Topliss-reactive ketones (excluding diaryl/α,β-unsaturated/α-hetero) is 1. The molecule has 0 fully saturated rings. The second-order valence-corrected chi connectivity index (χ2v) is 6.26. The predicted molar refractivity (Wildman–Crippen MR) is 100 cm³/mol. The molecule has 1 aromatic carbocycles. The molecule has 1 amide bonds. The minimum absolute atomic E-state index is 0.0779. The van der Waals surface area contributed by atoms with Crippen molar-refractivity contribution in [1.29, 1.82) is 0 Å². The molecule has 0 unspecified atom stereocenters. The van der Waals surface area contributed by atoms with E-state index in [4.69, 9.17) is 9.15 Å². The van der Waals surface area contributed by atoms with Gasteiger partial charge in [0.15, 0.2) is 12.4 Å². The number of amides is 1. The smallest absolute Gasteiger partial charge is 0.258 e.